The first-order valence-corrected chi connectivity index (χ1v) is 10.3. The number of hydrogen-bond donors (Lipinski definition) is 0. The molecule has 1 unspecified atom stereocenters. The van der Waals surface area contributed by atoms with Crippen molar-refractivity contribution in [2.24, 2.45) is 4.99 Å². The van der Waals surface area contributed by atoms with Crippen molar-refractivity contribution < 1.29 is 9.59 Å². The van der Waals surface area contributed by atoms with Gasteiger partial charge in [-0.15, -0.1) is 0 Å². The molecule has 3 aliphatic heterocycles. The number of urea groups is 1. The number of likely N-dealkylation sites (tertiary alicyclic amines) is 1. The van der Waals surface area contributed by atoms with Gasteiger partial charge in [0.15, 0.2) is 0 Å². The van der Waals surface area contributed by atoms with Gasteiger partial charge in [-0.3, -0.25) is 19.6 Å². The van der Waals surface area contributed by atoms with Gasteiger partial charge in [-0.2, -0.15) is 0 Å². The third-order valence-corrected chi connectivity index (χ3v) is 6.08. The van der Waals surface area contributed by atoms with E-state index in [-0.39, 0.29) is 18.5 Å². The fourth-order valence-corrected chi connectivity index (χ4v) is 4.60. The summed E-state index contributed by atoms with van der Waals surface area (Å²) in [5.74, 6) is 1.10. The molecule has 0 bridgehead atoms. The standard InChI is InChI=1S/C23H24N4O2/c28-21(25-13-6-9-18(15-25)17-7-2-1-3-8-17)16-27-20-11-5-4-10-19(20)22-24-12-14-26(22)23(27)29/h1-5,7-8,10-11,18H,6,9,12-16H2. The topological polar surface area (TPSA) is 56.2 Å². The highest BCUT2D eigenvalue weighted by molar-refractivity contribution is 6.20. The fourth-order valence-electron chi connectivity index (χ4n) is 4.60. The lowest BCUT2D eigenvalue weighted by Crippen LogP contribution is -2.54. The Balaban J connectivity index is 1.36. The number of rotatable bonds is 3. The molecule has 1 fully saturated rings. The van der Waals surface area contributed by atoms with Crippen molar-refractivity contribution in [3.63, 3.8) is 0 Å². The van der Waals surface area contributed by atoms with Crippen LogP contribution in [0.1, 0.15) is 29.9 Å². The van der Waals surface area contributed by atoms with Crippen molar-refractivity contribution in [3.8, 4) is 0 Å². The average molecular weight is 388 g/mol. The highest BCUT2D eigenvalue weighted by Crippen LogP contribution is 2.31. The van der Waals surface area contributed by atoms with E-state index in [1.807, 2.05) is 35.2 Å². The lowest BCUT2D eigenvalue weighted by Gasteiger charge is -2.38. The number of para-hydroxylation sites is 1. The molecule has 29 heavy (non-hydrogen) atoms. The molecule has 2 aromatic rings. The zero-order valence-corrected chi connectivity index (χ0v) is 16.3. The monoisotopic (exact) mass is 388 g/mol. The minimum Gasteiger partial charge on any atom is -0.341 e. The SMILES string of the molecule is O=C(CN1C(=O)N2CCN=C2c2ccccc21)N1CCCC(c2ccccc2)C1. The lowest BCUT2D eigenvalue weighted by molar-refractivity contribution is -0.130. The van der Waals surface area contributed by atoms with Crippen LogP contribution in [0.15, 0.2) is 59.6 Å². The van der Waals surface area contributed by atoms with Crippen molar-refractivity contribution in [2.45, 2.75) is 18.8 Å². The molecule has 0 saturated carbocycles. The van der Waals surface area contributed by atoms with E-state index in [0.29, 0.717) is 25.6 Å². The van der Waals surface area contributed by atoms with Gasteiger partial charge >= 0.3 is 6.03 Å². The largest absolute Gasteiger partial charge is 0.341 e. The summed E-state index contributed by atoms with van der Waals surface area (Å²) in [5, 5.41) is 0. The number of hydrogen-bond acceptors (Lipinski definition) is 3. The van der Waals surface area contributed by atoms with Crippen molar-refractivity contribution in [3.05, 3.63) is 65.7 Å². The van der Waals surface area contributed by atoms with Crippen LogP contribution in [-0.2, 0) is 4.79 Å². The smallest absolute Gasteiger partial charge is 0.330 e. The highest BCUT2D eigenvalue weighted by atomic mass is 16.2. The van der Waals surface area contributed by atoms with Crippen LogP contribution in [0.25, 0.3) is 0 Å². The van der Waals surface area contributed by atoms with Crippen LogP contribution >= 0.6 is 0 Å². The second-order valence-corrected chi connectivity index (χ2v) is 7.83. The number of amidine groups is 1. The van der Waals surface area contributed by atoms with Crippen molar-refractivity contribution >= 4 is 23.5 Å². The summed E-state index contributed by atoms with van der Waals surface area (Å²) >= 11 is 0. The number of aliphatic imine (C=N–C) groups is 1. The van der Waals surface area contributed by atoms with Gasteiger partial charge in [-0.1, -0.05) is 42.5 Å². The first-order valence-electron chi connectivity index (χ1n) is 10.3. The molecule has 3 aliphatic rings. The minimum absolute atomic E-state index is 0.00775. The zero-order chi connectivity index (χ0) is 19.8. The normalized spacial score (nSPS) is 21.0. The molecule has 5 rings (SSSR count). The molecule has 1 atom stereocenters. The van der Waals surface area contributed by atoms with Crippen LogP contribution in [0.4, 0.5) is 10.5 Å². The molecule has 0 aliphatic carbocycles. The number of anilines is 1. The number of carbonyl (C=O) groups is 2. The Labute approximate surface area is 170 Å². The molecule has 1 saturated heterocycles. The van der Waals surface area contributed by atoms with Gasteiger partial charge in [0.25, 0.3) is 0 Å². The maximum Gasteiger partial charge on any atom is 0.330 e. The van der Waals surface area contributed by atoms with E-state index in [1.54, 1.807) is 9.80 Å². The Morgan fingerprint density at radius 3 is 2.69 bits per heavy atom. The van der Waals surface area contributed by atoms with Gasteiger partial charge in [-0.25, -0.2) is 4.79 Å². The summed E-state index contributed by atoms with van der Waals surface area (Å²) in [6.45, 7) is 2.72. The summed E-state index contributed by atoms with van der Waals surface area (Å²) in [6.07, 6.45) is 2.08. The molecule has 6 nitrogen and oxygen atoms in total. The molecule has 0 spiro atoms. The lowest BCUT2D eigenvalue weighted by atomic mass is 9.90. The van der Waals surface area contributed by atoms with Crippen molar-refractivity contribution in [2.75, 3.05) is 37.6 Å². The number of amides is 3. The molecule has 6 heteroatoms. The second kappa shape index (κ2) is 7.35. The molecule has 0 radical (unpaired) electrons. The van der Waals surface area contributed by atoms with Gasteiger partial charge < -0.3 is 4.90 Å². The predicted octanol–water partition coefficient (Wildman–Crippen LogP) is 3.10. The summed E-state index contributed by atoms with van der Waals surface area (Å²) in [6, 6.07) is 18.0. The van der Waals surface area contributed by atoms with E-state index < -0.39 is 0 Å². The average Bonchev–Trinajstić information content (AvgIpc) is 3.28. The number of piperidine rings is 1. The van der Waals surface area contributed by atoms with E-state index in [2.05, 4.69) is 29.3 Å². The number of fused-ring (bicyclic) bond motifs is 3. The Hall–Kier alpha value is -3.15. The van der Waals surface area contributed by atoms with E-state index in [9.17, 15) is 9.59 Å². The molecule has 0 aromatic heterocycles. The maximum atomic E-state index is 13.2. The number of nitrogens with zero attached hydrogens (tertiary/aromatic N) is 4. The Morgan fingerprint density at radius 2 is 1.83 bits per heavy atom. The first kappa shape index (κ1) is 17.9. The summed E-state index contributed by atoms with van der Waals surface area (Å²) in [4.78, 5) is 36.0. The zero-order valence-electron chi connectivity index (χ0n) is 16.3. The van der Waals surface area contributed by atoms with Gasteiger partial charge in [0.1, 0.15) is 12.4 Å². The van der Waals surface area contributed by atoms with Crippen LogP contribution < -0.4 is 4.90 Å². The third-order valence-electron chi connectivity index (χ3n) is 6.08. The molecular formula is C23H24N4O2. The Morgan fingerprint density at radius 1 is 1.03 bits per heavy atom. The predicted molar refractivity (Wildman–Crippen MR) is 112 cm³/mol. The van der Waals surface area contributed by atoms with E-state index >= 15 is 0 Å². The molecule has 0 N–H and O–H groups in total. The number of carbonyl (C=O) groups excluding carboxylic acids is 2. The third kappa shape index (κ3) is 3.18. The van der Waals surface area contributed by atoms with Crippen LogP contribution in [0.5, 0.6) is 0 Å². The van der Waals surface area contributed by atoms with Gasteiger partial charge in [-0.05, 0) is 30.5 Å². The van der Waals surface area contributed by atoms with Gasteiger partial charge in [0.2, 0.25) is 5.91 Å². The summed E-state index contributed by atoms with van der Waals surface area (Å²) in [7, 11) is 0. The molecular weight excluding hydrogens is 364 g/mol. The molecule has 148 valence electrons. The maximum absolute atomic E-state index is 13.2. The van der Waals surface area contributed by atoms with Crippen molar-refractivity contribution in [1.29, 1.82) is 0 Å². The number of benzene rings is 2. The van der Waals surface area contributed by atoms with Gasteiger partial charge in [0.05, 0.1) is 12.2 Å². The summed E-state index contributed by atoms with van der Waals surface area (Å²) in [5.41, 5.74) is 2.99. The van der Waals surface area contributed by atoms with Crippen LogP contribution in [0.3, 0.4) is 0 Å². The highest BCUT2D eigenvalue weighted by Gasteiger charge is 2.38. The second-order valence-electron chi connectivity index (χ2n) is 7.83. The molecule has 3 amide bonds. The molecule has 2 aromatic carbocycles. The first-order chi connectivity index (χ1) is 14.2. The quantitative estimate of drug-likeness (QED) is 0.811. The minimum atomic E-state index is -0.148. The fraction of sp³-hybridized carbons (Fsp3) is 0.348. The van der Waals surface area contributed by atoms with Crippen molar-refractivity contribution in [1.82, 2.24) is 9.80 Å². The van der Waals surface area contributed by atoms with Crippen LogP contribution in [-0.4, -0.2) is 60.3 Å². The molecule has 3 heterocycles. The van der Waals surface area contributed by atoms with Crippen LogP contribution in [0, 0.1) is 0 Å². The summed E-state index contributed by atoms with van der Waals surface area (Å²) < 4.78 is 0. The van der Waals surface area contributed by atoms with E-state index in [1.165, 1.54) is 5.56 Å². The van der Waals surface area contributed by atoms with E-state index in [4.69, 9.17) is 0 Å². The Kier molecular flexibility index (Phi) is 4.54. The van der Waals surface area contributed by atoms with Gasteiger partial charge in [0, 0.05) is 31.1 Å². The Bertz CT molecular complexity index is 972. The van der Waals surface area contributed by atoms with E-state index in [0.717, 1.165) is 36.5 Å². The van der Waals surface area contributed by atoms with Crippen LogP contribution in [0.2, 0.25) is 0 Å².